The number of phenolic OH excluding ortho intramolecular Hbond substituents is 2. The van der Waals surface area contributed by atoms with Crippen molar-refractivity contribution in [3.63, 3.8) is 0 Å². The lowest BCUT2D eigenvalue weighted by Crippen LogP contribution is -2.46. The van der Waals surface area contributed by atoms with E-state index in [0.717, 1.165) is 85.1 Å². The van der Waals surface area contributed by atoms with Crippen molar-refractivity contribution in [1.29, 1.82) is 0 Å². The number of rotatable bonds is 8. The smallest absolute Gasteiger partial charge is 0.240 e. The maximum absolute atomic E-state index is 13.6. The Kier molecular flexibility index (Phi) is 10.2. The normalized spacial score (nSPS) is 18.7. The Balaban J connectivity index is 1.01. The van der Waals surface area contributed by atoms with Crippen LogP contribution < -0.4 is 9.80 Å². The number of aromatic nitrogens is 4. The summed E-state index contributed by atoms with van der Waals surface area (Å²) >= 11 is 6.56. The Labute approximate surface area is 359 Å². The molecular formula is C45H42N6O4S4. The number of nitrogens with zero attached hydrogens (tertiary/aromatic N) is 6. The van der Waals surface area contributed by atoms with Crippen LogP contribution in [0.3, 0.4) is 0 Å². The van der Waals surface area contributed by atoms with Crippen LogP contribution in [-0.4, -0.2) is 63.2 Å². The summed E-state index contributed by atoms with van der Waals surface area (Å²) in [5, 5.41) is 26.7. The fraction of sp³-hybridized carbons (Fsp3) is 0.333. The van der Waals surface area contributed by atoms with Crippen molar-refractivity contribution in [1.82, 2.24) is 19.9 Å². The van der Waals surface area contributed by atoms with Gasteiger partial charge >= 0.3 is 0 Å². The number of amides is 2. The highest BCUT2D eigenvalue weighted by molar-refractivity contribution is 8.02. The molecule has 4 aliphatic rings. The van der Waals surface area contributed by atoms with E-state index in [0.29, 0.717) is 63.7 Å². The number of thiophene rings is 2. The molecule has 2 saturated carbocycles. The average Bonchev–Trinajstić information content (AvgIpc) is 4.09. The van der Waals surface area contributed by atoms with Crippen LogP contribution in [0.15, 0.2) is 83.6 Å². The van der Waals surface area contributed by atoms with Crippen molar-refractivity contribution in [2.45, 2.75) is 80.4 Å². The number of carbonyl (C=O) groups excluding carboxylic acids is 2. The molecule has 2 saturated heterocycles. The van der Waals surface area contributed by atoms with Gasteiger partial charge in [0.05, 0.1) is 53.8 Å². The molecule has 4 fully saturated rings. The van der Waals surface area contributed by atoms with Gasteiger partial charge in [0.1, 0.15) is 11.5 Å². The Morgan fingerprint density at radius 3 is 1.37 bits per heavy atom. The maximum atomic E-state index is 13.6. The summed E-state index contributed by atoms with van der Waals surface area (Å²) in [5.41, 5.74) is 5.43. The van der Waals surface area contributed by atoms with Gasteiger partial charge in [0, 0.05) is 11.1 Å². The second-order valence-corrected chi connectivity index (χ2v) is 20.3. The molecular weight excluding hydrogens is 817 g/mol. The summed E-state index contributed by atoms with van der Waals surface area (Å²) in [4.78, 5) is 52.0. The van der Waals surface area contributed by atoms with Crippen LogP contribution in [0.1, 0.15) is 75.3 Å². The summed E-state index contributed by atoms with van der Waals surface area (Å²) < 4.78 is 0. The van der Waals surface area contributed by atoms with Crippen LogP contribution in [0.25, 0.3) is 43.7 Å². The number of aromatic hydroxyl groups is 2. The first-order valence-electron chi connectivity index (χ1n) is 20.2. The molecule has 2 spiro atoms. The molecule has 10 rings (SSSR count). The molecule has 0 unspecified atom stereocenters. The quantitative estimate of drug-likeness (QED) is 0.152. The number of benzene rings is 2. The molecule has 10 nitrogen and oxygen atoms in total. The van der Waals surface area contributed by atoms with E-state index in [9.17, 15) is 19.8 Å². The molecule has 14 heteroatoms. The van der Waals surface area contributed by atoms with E-state index in [2.05, 4.69) is 0 Å². The zero-order valence-corrected chi connectivity index (χ0v) is 35.6. The molecule has 0 bridgehead atoms. The van der Waals surface area contributed by atoms with E-state index in [4.69, 9.17) is 19.9 Å². The maximum Gasteiger partial charge on any atom is 0.240 e. The Morgan fingerprint density at radius 1 is 0.542 bits per heavy atom. The lowest BCUT2D eigenvalue weighted by molar-refractivity contribution is -0.117. The predicted molar refractivity (Wildman–Crippen MR) is 239 cm³/mol. The van der Waals surface area contributed by atoms with E-state index < -0.39 is 0 Å². The summed E-state index contributed by atoms with van der Waals surface area (Å²) in [5.74, 6) is 1.76. The van der Waals surface area contributed by atoms with Crippen LogP contribution in [0.5, 0.6) is 11.5 Å². The Bertz CT molecular complexity index is 2380. The number of anilines is 2. The van der Waals surface area contributed by atoms with Crippen LogP contribution in [0, 0.1) is 0 Å². The predicted octanol–water partition coefficient (Wildman–Crippen LogP) is 10.5. The molecule has 59 heavy (non-hydrogen) atoms. The van der Waals surface area contributed by atoms with Crippen molar-refractivity contribution in [2.75, 3.05) is 21.3 Å². The minimum Gasteiger partial charge on any atom is -0.507 e. The molecule has 2 aliphatic carbocycles. The number of thioether (sulfide) groups is 2. The van der Waals surface area contributed by atoms with Crippen molar-refractivity contribution < 1.29 is 19.8 Å². The third kappa shape index (κ3) is 7.21. The topological polar surface area (TPSA) is 133 Å². The highest BCUT2D eigenvalue weighted by atomic mass is 32.2. The van der Waals surface area contributed by atoms with Crippen molar-refractivity contribution >= 4 is 69.9 Å². The zero-order chi connectivity index (χ0) is 40.1. The van der Waals surface area contributed by atoms with E-state index >= 15 is 0 Å². The summed E-state index contributed by atoms with van der Waals surface area (Å²) in [6, 6.07) is 22.8. The van der Waals surface area contributed by atoms with Gasteiger partial charge in [0.2, 0.25) is 23.7 Å². The number of hydrogen-bond donors (Lipinski definition) is 2. The minimum absolute atomic E-state index is 0.0185. The van der Waals surface area contributed by atoms with Gasteiger partial charge < -0.3 is 10.2 Å². The molecule has 0 radical (unpaired) electrons. The summed E-state index contributed by atoms with van der Waals surface area (Å²) in [6.07, 6.45) is 10.7. The van der Waals surface area contributed by atoms with E-state index in [1.165, 1.54) is 0 Å². The zero-order valence-electron chi connectivity index (χ0n) is 32.3. The highest BCUT2D eigenvalue weighted by Crippen LogP contribution is 2.50. The van der Waals surface area contributed by atoms with Gasteiger partial charge in [-0.05, 0) is 103 Å². The lowest BCUT2D eigenvalue weighted by Gasteiger charge is -2.39. The first kappa shape index (κ1) is 38.4. The van der Waals surface area contributed by atoms with Crippen LogP contribution in [0.4, 0.5) is 11.9 Å². The molecule has 4 aromatic heterocycles. The van der Waals surface area contributed by atoms with Crippen LogP contribution in [-0.2, 0) is 16.0 Å². The largest absolute Gasteiger partial charge is 0.507 e. The molecule has 6 heterocycles. The van der Waals surface area contributed by atoms with Crippen molar-refractivity contribution in [2.24, 2.45) is 0 Å². The Morgan fingerprint density at radius 2 is 0.966 bits per heavy atom. The first-order valence-corrected chi connectivity index (χ1v) is 24.0. The monoisotopic (exact) mass is 858 g/mol. The van der Waals surface area contributed by atoms with Gasteiger partial charge in [-0.2, -0.15) is 0 Å². The molecule has 6 aromatic rings. The second-order valence-electron chi connectivity index (χ2n) is 15.8. The van der Waals surface area contributed by atoms with E-state index in [1.807, 2.05) is 81.2 Å². The molecule has 2 N–H and O–H groups in total. The van der Waals surface area contributed by atoms with Gasteiger partial charge in [0.15, 0.2) is 0 Å². The molecule has 300 valence electrons. The van der Waals surface area contributed by atoms with Crippen molar-refractivity contribution in [3.05, 3.63) is 94.7 Å². The second kappa shape index (κ2) is 15.7. The van der Waals surface area contributed by atoms with E-state index in [-0.39, 0.29) is 33.1 Å². The highest BCUT2D eigenvalue weighted by Gasteiger charge is 2.50. The number of hydrogen-bond acceptors (Lipinski definition) is 12. The third-order valence-electron chi connectivity index (χ3n) is 12.0. The minimum atomic E-state index is -0.351. The molecule has 2 aliphatic heterocycles. The average molecular weight is 859 g/mol. The fourth-order valence-corrected chi connectivity index (χ4v) is 13.3. The molecule has 2 amide bonds. The van der Waals surface area contributed by atoms with Gasteiger partial charge in [0.25, 0.3) is 0 Å². The van der Waals surface area contributed by atoms with Crippen molar-refractivity contribution in [3.8, 4) is 55.2 Å². The molecule has 2 aromatic carbocycles. The van der Waals surface area contributed by atoms with Gasteiger partial charge in [-0.15, -0.1) is 46.2 Å². The standard InChI is InChI=1S/C45H42N6O4S4/c52-36-13-11-28(22-30(36)32-24-34(38-9-7-19-56-38)48-42(46-32)50-40(54)26-58-44(50)15-3-1-4-16-44)21-29-12-14-37(53)31(23-29)33-25-35(39-10-8-20-57-39)49-43(47-33)51-41(55)27-59-45(51)17-5-2-6-18-45/h7-14,19-20,22-25,52-53H,1-6,15-18,21,26-27H2. The summed E-state index contributed by atoms with van der Waals surface area (Å²) in [7, 11) is 0. The number of phenols is 2. The third-order valence-corrected chi connectivity index (χ3v) is 16.8. The number of carbonyl (C=O) groups is 2. The first-order chi connectivity index (χ1) is 28.8. The van der Waals surface area contributed by atoms with Crippen LogP contribution >= 0.6 is 46.2 Å². The van der Waals surface area contributed by atoms with Gasteiger partial charge in [-0.3, -0.25) is 19.4 Å². The lowest BCUT2D eigenvalue weighted by atomic mass is 9.93. The van der Waals surface area contributed by atoms with Crippen LogP contribution in [0.2, 0.25) is 0 Å². The van der Waals surface area contributed by atoms with Gasteiger partial charge in [-0.25, -0.2) is 19.9 Å². The summed E-state index contributed by atoms with van der Waals surface area (Å²) in [6.45, 7) is 0. The Hall–Kier alpha value is -4.76. The molecule has 0 atom stereocenters. The SMILES string of the molecule is O=C1CSC2(CCCCC2)N1c1nc(-c2cccs2)cc(-c2cc(Cc3ccc(O)c(-c4cc(-c5cccs5)nc(N5C(=O)CSC56CCCCC6)n4)c3)ccc2O)n1. The van der Waals surface area contributed by atoms with Gasteiger partial charge in [-0.1, -0.05) is 62.8 Å². The fourth-order valence-electron chi connectivity index (χ4n) is 9.12. The van der Waals surface area contributed by atoms with E-state index in [1.54, 1.807) is 58.3 Å².